The largest absolute Gasteiger partial charge is 0.350 e. The quantitative estimate of drug-likeness (QED) is 0.780. The summed E-state index contributed by atoms with van der Waals surface area (Å²) in [7, 11) is 0. The predicted octanol–water partition coefficient (Wildman–Crippen LogP) is 0.0866. The summed E-state index contributed by atoms with van der Waals surface area (Å²) in [4.78, 5) is 15.4. The smallest absolute Gasteiger partial charge is 0.242 e. The highest BCUT2D eigenvalue weighted by atomic mass is 16.2. The average molecular weight is 219 g/mol. The van der Waals surface area contributed by atoms with Gasteiger partial charge in [-0.05, 0) is 19.3 Å². The maximum atomic E-state index is 11.6. The van der Waals surface area contributed by atoms with Crippen molar-refractivity contribution in [1.82, 2.24) is 20.1 Å². The van der Waals surface area contributed by atoms with Crippen LogP contribution in [0.4, 0.5) is 0 Å². The minimum absolute atomic E-state index is 0.000946. The van der Waals surface area contributed by atoms with Crippen LogP contribution in [0.15, 0.2) is 12.7 Å². The molecule has 1 aromatic heterocycles. The van der Waals surface area contributed by atoms with Crippen molar-refractivity contribution in [3.63, 3.8) is 0 Å². The van der Waals surface area contributed by atoms with Gasteiger partial charge in [-0.3, -0.25) is 4.79 Å². The number of nitrogens with one attached hydrogen (secondary N) is 1. The Morgan fingerprint density at radius 3 is 3.19 bits per heavy atom. The summed E-state index contributed by atoms with van der Waals surface area (Å²) in [6.07, 6.45) is 5.66. The van der Waals surface area contributed by atoms with Crippen LogP contribution in [-0.4, -0.2) is 26.7 Å². The van der Waals surface area contributed by atoms with Crippen LogP contribution in [0, 0.1) is 17.2 Å². The second-order valence-electron chi connectivity index (χ2n) is 3.93. The molecule has 1 aliphatic carbocycles. The first-order valence-corrected chi connectivity index (χ1v) is 5.31. The Balaban J connectivity index is 1.86. The molecule has 2 unspecified atom stereocenters. The monoisotopic (exact) mass is 219 g/mol. The van der Waals surface area contributed by atoms with Crippen molar-refractivity contribution < 1.29 is 4.79 Å². The van der Waals surface area contributed by atoms with E-state index in [-0.39, 0.29) is 24.4 Å². The van der Waals surface area contributed by atoms with E-state index in [9.17, 15) is 4.79 Å². The topological polar surface area (TPSA) is 83.6 Å². The molecule has 1 amide bonds. The SMILES string of the molecule is N#CC1CCCC1NC(=O)Cn1cncn1. The summed E-state index contributed by atoms with van der Waals surface area (Å²) in [5.74, 6) is -0.155. The Labute approximate surface area is 93.3 Å². The number of nitriles is 1. The number of nitrogens with zero attached hydrogens (tertiary/aromatic N) is 4. The summed E-state index contributed by atoms with van der Waals surface area (Å²) in [6, 6.07) is 2.23. The highest BCUT2D eigenvalue weighted by Crippen LogP contribution is 2.24. The van der Waals surface area contributed by atoms with Crippen molar-refractivity contribution in [2.24, 2.45) is 5.92 Å². The van der Waals surface area contributed by atoms with Gasteiger partial charge in [0, 0.05) is 6.04 Å². The third-order valence-electron chi connectivity index (χ3n) is 2.80. The van der Waals surface area contributed by atoms with Gasteiger partial charge in [0.15, 0.2) is 0 Å². The lowest BCUT2D eigenvalue weighted by Gasteiger charge is -2.15. The molecule has 0 bridgehead atoms. The molecule has 6 heteroatoms. The molecule has 1 heterocycles. The fraction of sp³-hybridized carbons (Fsp3) is 0.600. The summed E-state index contributed by atoms with van der Waals surface area (Å²) >= 11 is 0. The van der Waals surface area contributed by atoms with Gasteiger partial charge in [0.05, 0.1) is 12.0 Å². The number of carbonyl (C=O) groups is 1. The highest BCUT2D eigenvalue weighted by Gasteiger charge is 2.28. The van der Waals surface area contributed by atoms with Crippen LogP contribution in [-0.2, 0) is 11.3 Å². The number of rotatable bonds is 3. The second-order valence-corrected chi connectivity index (χ2v) is 3.93. The molecule has 0 spiro atoms. The normalized spacial score (nSPS) is 23.9. The summed E-state index contributed by atoms with van der Waals surface area (Å²) in [6.45, 7) is 0.161. The minimum atomic E-state index is -0.113. The van der Waals surface area contributed by atoms with Gasteiger partial charge >= 0.3 is 0 Å². The Morgan fingerprint density at radius 2 is 2.50 bits per heavy atom. The highest BCUT2D eigenvalue weighted by molar-refractivity contribution is 5.76. The Kier molecular flexibility index (Phi) is 3.15. The lowest BCUT2D eigenvalue weighted by atomic mass is 10.1. The molecule has 1 N–H and O–H groups in total. The summed E-state index contributed by atoms with van der Waals surface area (Å²) in [5.41, 5.74) is 0. The zero-order chi connectivity index (χ0) is 11.4. The van der Waals surface area contributed by atoms with E-state index in [2.05, 4.69) is 21.5 Å². The van der Waals surface area contributed by atoms with Gasteiger partial charge in [-0.1, -0.05) is 0 Å². The lowest BCUT2D eigenvalue weighted by Crippen LogP contribution is -2.38. The van der Waals surface area contributed by atoms with E-state index in [0.29, 0.717) is 0 Å². The van der Waals surface area contributed by atoms with Crippen molar-refractivity contribution in [2.75, 3.05) is 0 Å². The standard InChI is InChI=1S/C10H13N5O/c11-4-8-2-1-3-9(8)14-10(16)5-15-7-12-6-13-15/h6-9H,1-3,5H2,(H,14,16). The lowest BCUT2D eigenvalue weighted by molar-refractivity contribution is -0.122. The molecule has 0 aliphatic heterocycles. The van der Waals surface area contributed by atoms with E-state index in [1.54, 1.807) is 0 Å². The van der Waals surface area contributed by atoms with Crippen molar-refractivity contribution in [2.45, 2.75) is 31.8 Å². The first kappa shape index (κ1) is 10.6. The van der Waals surface area contributed by atoms with Crippen LogP contribution in [0.5, 0.6) is 0 Å². The van der Waals surface area contributed by atoms with Crippen molar-refractivity contribution in [3.05, 3.63) is 12.7 Å². The second kappa shape index (κ2) is 4.75. The number of hydrogen-bond acceptors (Lipinski definition) is 4. The van der Waals surface area contributed by atoms with E-state index >= 15 is 0 Å². The molecule has 1 saturated carbocycles. The van der Waals surface area contributed by atoms with Gasteiger partial charge in [0.25, 0.3) is 0 Å². The van der Waals surface area contributed by atoms with E-state index in [1.807, 2.05) is 0 Å². The maximum absolute atomic E-state index is 11.6. The van der Waals surface area contributed by atoms with Crippen LogP contribution >= 0.6 is 0 Å². The minimum Gasteiger partial charge on any atom is -0.350 e. The third kappa shape index (κ3) is 2.37. The molecular weight excluding hydrogens is 206 g/mol. The summed E-state index contributed by atoms with van der Waals surface area (Å²) < 4.78 is 1.46. The van der Waals surface area contributed by atoms with Crippen LogP contribution in [0.2, 0.25) is 0 Å². The number of hydrogen-bond donors (Lipinski definition) is 1. The zero-order valence-electron chi connectivity index (χ0n) is 8.83. The van der Waals surface area contributed by atoms with E-state index < -0.39 is 0 Å². The first-order valence-electron chi connectivity index (χ1n) is 5.31. The number of aromatic nitrogens is 3. The van der Waals surface area contributed by atoms with Crippen LogP contribution in [0.3, 0.4) is 0 Å². The van der Waals surface area contributed by atoms with E-state index in [1.165, 1.54) is 17.3 Å². The Morgan fingerprint density at radius 1 is 1.62 bits per heavy atom. The van der Waals surface area contributed by atoms with E-state index in [4.69, 9.17) is 5.26 Å². The van der Waals surface area contributed by atoms with Crippen LogP contribution in [0.25, 0.3) is 0 Å². The van der Waals surface area contributed by atoms with Gasteiger partial charge in [-0.2, -0.15) is 10.4 Å². The van der Waals surface area contributed by atoms with Gasteiger partial charge in [-0.15, -0.1) is 0 Å². The third-order valence-corrected chi connectivity index (χ3v) is 2.80. The fourth-order valence-electron chi connectivity index (χ4n) is 2.00. The molecule has 2 atom stereocenters. The fourth-order valence-corrected chi connectivity index (χ4v) is 2.00. The molecule has 0 radical (unpaired) electrons. The average Bonchev–Trinajstić information content (AvgIpc) is 2.88. The van der Waals surface area contributed by atoms with Gasteiger partial charge < -0.3 is 5.32 Å². The first-order chi connectivity index (χ1) is 7.79. The predicted molar refractivity (Wildman–Crippen MR) is 54.9 cm³/mol. The molecule has 16 heavy (non-hydrogen) atoms. The van der Waals surface area contributed by atoms with E-state index in [0.717, 1.165) is 19.3 Å². The molecular formula is C10H13N5O. The molecule has 0 saturated heterocycles. The van der Waals surface area contributed by atoms with Crippen molar-refractivity contribution >= 4 is 5.91 Å². The zero-order valence-corrected chi connectivity index (χ0v) is 8.83. The summed E-state index contributed by atoms with van der Waals surface area (Å²) in [5, 5.41) is 15.6. The van der Waals surface area contributed by atoms with Crippen LogP contribution in [0.1, 0.15) is 19.3 Å². The molecule has 1 aromatic rings. The van der Waals surface area contributed by atoms with Gasteiger partial charge in [0.2, 0.25) is 5.91 Å². The molecule has 2 rings (SSSR count). The molecule has 1 fully saturated rings. The van der Waals surface area contributed by atoms with Crippen LogP contribution < -0.4 is 5.32 Å². The Hall–Kier alpha value is -1.90. The molecule has 84 valence electrons. The van der Waals surface area contributed by atoms with Crippen molar-refractivity contribution in [1.29, 1.82) is 5.26 Å². The van der Waals surface area contributed by atoms with Crippen molar-refractivity contribution in [3.8, 4) is 6.07 Å². The number of amides is 1. The molecule has 6 nitrogen and oxygen atoms in total. The molecule has 0 aromatic carbocycles. The van der Waals surface area contributed by atoms with Gasteiger partial charge in [-0.25, -0.2) is 9.67 Å². The van der Waals surface area contributed by atoms with Gasteiger partial charge in [0.1, 0.15) is 19.2 Å². The molecule has 1 aliphatic rings. The Bertz CT molecular complexity index is 394. The number of carbonyl (C=O) groups excluding carboxylic acids is 1. The maximum Gasteiger partial charge on any atom is 0.242 e.